The van der Waals surface area contributed by atoms with Gasteiger partial charge in [-0.3, -0.25) is 0 Å². The number of aromatic amines is 1. The normalized spacial score (nSPS) is 10.6. The van der Waals surface area contributed by atoms with Crippen LogP contribution in [0.3, 0.4) is 0 Å². The lowest BCUT2D eigenvalue weighted by molar-refractivity contribution is 0.959. The number of hydrogen-bond acceptors (Lipinski definition) is 3. The highest BCUT2D eigenvalue weighted by molar-refractivity contribution is 9.10. The fourth-order valence-corrected chi connectivity index (χ4v) is 1.40. The molecule has 56 valence electrons. The predicted molar refractivity (Wildman–Crippen MR) is 46.0 cm³/mol. The molecule has 4 nitrogen and oxygen atoms in total. The highest BCUT2D eigenvalue weighted by Gasteiger charge is 2.02. The van der Waals surface area contributed by atoms with Crippen LogP contribution in [-0.4, -0.2) is 15.4 Å². The molecule has 0 saturated carbocycles. The predicted octanol–water partition coefficient (Wildman–Crippen LogP) is 1.30. The molecule has 3 N–H and O–H groups in total. The number of nitrogen functional groups attached to an aromatic ring is 1. The maximum atomic E-state index is 5.65. The Bertz CT molecular complexity index is 394. The van der Waals surface area contributed by atoms with Crippen molar-refractivity contribution < 1.29 is 0 Å². The first kappa shape index (κ1) is 6.60. The van der Waals surface area contributed by atoms with Crippen molar-refractivity contribution in [2.75, 3.05) is 5.73 Å². The van der Waals surface area contributed by atoms with Crippen molar-refractivity contribution in [1.82, 2.24) is 15.4 Å². The van der Waals surface area contributed by atoms with Crippen LogP contribution in [0.4, 0.5) is 5.69 Å². The second-order valence-corrected chi connectivity index (χ2v) is 3.10. The van der Waals surface area contributed by atoms with Gasteiger partial charge in [-0.05, 0) is 12.1 Å². The van der Waals surface area contributed by atoms with Gasteiger partial charge in [0.1, 0.15) is 11.0 Å². The molecule has 1 heterocycles. The third-order valence-electron chi connectivity index (χ3n) is 1.42. The number of H-pyrrole nitrogens is 1. The molecule has 0 amide bonds. The first-order valence-electron chi connectivity index (χ1n) is 3.03. The third kappa shape index (κ3) is 0.970. The summed E-state index contributed by atoms with van der Waals surface area (Å²) < 4.78 is 0.913. The summed E-state index contributed by atoms with van der Waals surface area (Å²) >= 11 is 3.31. The fourth-order valence-electron chi connectivity index (χ4n) is 0.941. The zero-order valence-corrected chi connectivity index (χ0v) is 7.09. The number of nitrogens with two attached hydrogens (primary N) is 1. The van der Waals surface area contributed by atoms with E-state index in [4.69, 9.17) is 5.73 Å². The summed E-state index contributed by atoms with van der Waals surface area (Å²) in [5, 5.41) is 10.3. The molecule has 0 unspecified atom stereocenters. The molecule has 5 heteroatoms. The number of anilines is 1. The molecule has 0 spiro atoms. The molecule has 11 heavy (non-hydrogen) atoms. The number of rotatable bonds is 0. The average Bonchev–Trinajstić information content (AvgIpc) is 2.34. The van der Waals surface area contributed by atoms with Crippen LogP contribution in [-0.2, 0) is 0 Å². The lowest BCUT2D eigenvalue weighted by Crippen LogP contribution is -1.86. The Morgan fingerprint density at radius 2 is 2.18 bits per heavy atom. The summed E-state index contributed by atoms with van der Waals surface area (Å²) in [5.41, 5.74) is 7.77. The first-order valence-corrected chi connectivity index (χ1v) is 3.82. The van der Waals surface area contributed by atoms with E-state index in [1.807, 2.05) is 6.07 Å². The smallest absolute Gasteiger partial charge is 0.135 e. The molecule has 0 aliphatic rings. The SMILES string of the molecule is Nc1cc(Br)cc2n[nH]nc12. The standard InChI is InChI=1S/C6H5BrN4/c7-3-1-4(8)6-5(2-3)9-11-10-6/h1-2H,8H2,(H,9,10,11). The number of benzene rings is 1. The number of hydrogen-bond donors (Lipinski definition) is 2. The Labute approximate surface area is 70.9 Å². The van der Waals surface area contributed by atoms with Gasteiger partial charge in [-0.1, -0.05) is 15.9 Å². The molecular formula is C6H5BrN4. The minimum atomic E-state index is 0.628. The van der Waals surface area contributed by atoms with E-state index in [9.17, 15) is 0 Å². The Hall–Kier alpha value is -1.10. The van der Waals surface area contributed by atoms with Gasteiger partial charge in [-0.2, -0.15) is 15.4 Å². The number of halogens is 1. The minimum absolute atomic E-state index is 0.628. The maximum absolute atomic E-state index is 5.65. The molecule has 0 radical (unpaired) electrons. The Morgan fingerprint density at radius 3 is 3.00 bits per heavy atom. The summed E-state index contributed by atoms with van der Waals surface area (Å²) in [6.45, 7) is 0. The van der Waals surface area contributed by atoms with E-state index >= 15 is 0 Å². The zero-order valence-electron chi connectivity index (χ0n) is 5.50. The third-order valence-corrected chi connectivity index (χ3v) is 1.87. The molecule has 2 aromatic rings. The first-order chi connectivity index (χ1) is 5.27. The van der Waals surface area contributed by atoms with Gasteiger partial charge in [-0.25, -0.2) is 0 Å². The van der Waals surface area contributed by atoms with Crippen molar-refractivity contribution in [3.05, 3.63) is 16.6 Å². The van der Waals surface area contributed by atoms with Gasteiger partial charge in [0.25, 0.3) is 0 Å². The molecule has 0 atom stereocenters. The van der Waals surface area contributed by atoms with Gasteiger partial charge in [0, 0.05) is 4.47 Å². The molecule has 0 bridgehead atoms. The van der Waals surface area contributed by atoms with E-state index in [1.165, 1.54) is 0 Å². The van der Waals surface area contributed by atoms with Gasteiger partial charge in [0.05, 0.1) is 5.69 Å². The number of nitrogens with zero attached hydrogens (tertiary/aromatic N) is 2. The van der Waals surface area contributed by atoms with Crippen molar-refractivity contribution in [2.24, 2.45) is 0 Å². The van der Waals surface area contributed by atoms with Gasteiger partial charge in [-0.15, -0.1) is 0 Å². The molecule has 0 saturated heterocycles. The lowest BCUT2D eigenvalue weighted by atomic mass is 10.3. The highest BCUT2D eigenvalue weighted by atomic mass is 79.9. The average molecular weight is 213 g/mol. The van der Waals surface area contributed by atoms with Crippen molar-refractivity contribution >= 4 is 32.7 Å². The summed E-state index contributed by atoms with van der Waals surface area (Å²) in [4.78, 5) is 0. The molecule has 1 aromatic carbocycles. The molecule has 1 aromatic heterocycles. The maximum Gasteiger partial charge on any atom is 0.135 e. The van der Waals surface area contributed by atoms with Crippen LogP contribution in [0.1, 0.15) is 0 Å². The monoisotopic (exact) mass is 212 g/mol. The van der Waals surface area contributed by atoms with E-state index in [-0.39, 0.29) is 0 Å². The Kier molecular flexibility index (Phi) is 1.32. The van der Waals surface area contributed by atoms with E-state index < -0.39 is 0 Å². The number of aromatic nitrogens is 3. The Morgan fingerprint density at radius 1 is 1.36 bits per heavy atom. The van der Waals surface area contributed by atoms with Crippen LogP contribution in [0.25, 0.3) is 11.0 Å². The van der Waals surface area contributed by atoms with Crippen molar-refractivity contribution in [3.63, 3.8) is 0 Å². The van der Waals surface area contributed by atoms with Crippen LogP contribution in [0.5, 0.6) is 0 Å². The van der Waals surface area contributed by atoms with Gasteiger partial charge in [0.15, 0.2) is 0 Å². The lowest BCUT2D eigenvalue weighted by Gasteiger charge is -1.93. The Balaban J connectivity index is 2.91. The van der Waals surface area contributed by atoms with Gasteiger partial charge < -0.3 is 5.73 Å². The minimum Gasteiger partial charge on any atom is -0.397 e. The van der Waals surface area contributed by atoms with Crippen molar-refractivity contribution in [3.8, 4) is 0 Å². The molecule has 2 rings (SSSR count). The van der Waals surface area contributed by atoms with Gasteiger partial charge >= 0.3 is 0 Å². The van der Waals surface area contributed by atoms with E-state index in [2.05, 4.69) is 31.3 Å². The molecule has 0 aliphatic heterocycles. The van der Waals surface area contributed by atoms with Crippen LogP contribution in [0.2, 0.25) is 0 Å². The summed E-state index contributed by atoms with van der Waals surface area (Å²) in [6.07, 6.45) is 0. The number of fused-ring (bicyclic) bond motifs is 1. The second kappa shape index (κ2) is 2.20. The van der Waals surface area contributed by atoms with Gasteiger partial charge in [0.2, 0.25) is 0 Å². The summed E-state index contributed by atoms with van der Waals surface area (Å²) in [5.74, 6) is 0. The summed E-state index contributed by atoms with van der Waals surface area (Å²) in [6, 6.07) is 3.65. The van der Waals surface area contributed by atoms with Crippen LogP contribution < -0.4 is 5.73 Å². The quantitative estimate of drug-likeness (QED) is 0.648. The van der Waals surface area contributed by atoms with Crippen LogP contribution >= 0.6 is 15.9 Å². The largest absolute Gasteiger partial charge is 0.397 e. The van der Waals surface area contributed by atoms with E-state index in [1.54, 1.807) is 6.07 Å². The fraction of sp³-hybridized carbons (Fsp3) is 0. The molecule has 0 fully saturated rings. The number of nitrogens with one attached hydrogen (secondary N) is 1. The van der Waals surface area contributed by atoms with E-state index in [0.29, 0.717) is 11.2 Å². The topological polar surface area (TPSA) is 67.6 Å². The van der Waals surface area contributed by atoms with Crippen LogP contribution in [0, 0.1) is 0 Å². The highest BCUT2D eigenvalue weighted by Crippen LogP contribution is 2.21. The van der Waals surface area contributed by atoms with Crippen molar-refractivity contribution in [2.45, 2.75) is 0 Å². The van der Waals surface area contributed by atoms with Crippen molar-refractivity contribution in [1.29, 1.82) is 0 Å². The zero-order chi connectivity index (χ0) is 7.84. The summed E-state index contributed by atoms with van der Waals surface area (Å²) in [7, 11) is 0. The second-order valence-electron chi connectivity index (χ2n) is 2.19. The molecule has 0 aliphatic carbocycles. The van der Waals surface area contributed by atoms with E-state index in [0.717, 1.165) is 9.99 Å². The molecular weight excluding hydrogens is 208 g/mol. The van der Waals surface area contributed by atoms with Crippen LogP contribution in [0.15, 0.2) is 16.6 Å².